The van der Waals surface area contributed by atoms with Crippen molar-refractivity contribution in [1.29, 1.82) is 0 Å². The fourth-order valence-electron chi connectivity index (χ4n) is 1.01. The van der Waals surface area contributed by atoms with Crippen LogP contribution < -0.4 is 11.1 Å². The van der Waals surface area contributed by atoms with Crippen LogP contribution in [0.3, 0.4) is 0 Å². The summed E-state index contributed by atoms with van der Waals surface area (Å²) in [6.45, 7) is 8.10. The minimum atomic E-state index is -0.0555. The highest BCUT2D eigenvalue weighted by Crippen LogP contribution is 2.18. The second-order valence-corrected chi connectivity index (χ2v) is 3.10. The van der Waals surface area contributed by atoms with Crippen molar-refractivity contribution < 1.29 is 0 Å². The van der Waals surface area contributed by atoms with Crippen molar-refractivity contribution in [1.82, 2.24) is 5.32 Å². The Labute approximate surface area is 69.9 Å². The Morgan fingerprint density at radius 3 is 2.18 bits per heavy atom. The van der Waals surface area contributed by atoms with Crippen LogP contribution in [-0.4, -0.2) is 12.6 Å². The summed E-state index contributed by atoms with van der Waals surface area (Å²) in [6, 6.07) is 0. The van der Waals surface area contributed by atoms with E-state index in [1.54, 1.807) is 0 Å². The van der Waals surface area contributed by atoms with Gasteiger partial charge in [0.2, 0.25) is 0 Å². The molecule has 0 amide bonds. The lowest BCUT2D eigenvalue weighted by Gasteiger charge is -2.27. The van der Waals surface area contributed by atoms with E-state index in [1.165, 1.54) is 0 Å². The number of rotatable bonds is 5. The van der Waals surface area contributed by atoms with Gasteiger partial charge in [0.05, 0.1) is 0 Å². The normalized spacial score (nSPS) is 11.3. The molecule has 0 fully saturated rings. The van der Waals surface area contributed by atoms with Crippen molar-refractivity contribution in [3.05, 3.63) is 12.3 Å². The largest absolute Gasteiger partial charge is 0.392 e. The molecule has 0 saturated heterocycles. The molecular weight excluding hydrogens is 136 g/mol. The van der Waals surface area contributed by atoms with Crippen LogP contribution in [0.2, 0.25) is 0 Å². The molecule has 0 aliphatic rings. The predicted octanol–water partition coefficient (Wildman–Crippen LogP) is 1.63. The molecule has 0 aliphatic carbocycles. The van der Waals surface area contributed by atoms with E-state index < -0.39 is 0 Å². The summed E-state index contributed by atoms with van der Waals surface area (Å²) >= 11 is 0. The van der Waals surface area contributed by atoms with Crippen molar-refractivity contribution >= 4 is 0 Å². The molecule has 3 N–H and O–H groups in total. The van der Waals surface area contributed by atoms with Gasteiger partial charge in [-0.1, -0.05) is 20.4 Å². The Morgan fingerprint density at radius 1 is 1.45 bits per heavy atom. The standard InChI is InChI=1S/C9H20N2/c1-5-9(10,6-2)7-8(3)11-4/h11H,3,5-7,10H2,1-2,4H3. The molecule has 0 aromatic rings. The SMILES string of the molecule is C=C(CC(N)(CC)CC)NC. The van der Waals surface area contributed by atoms with Crippen molar-refractivity contribution in [2.24, 2.45) is 5.73 Å². The molecule has 0 heterocycles. The van der Waals surface area contributed by atoms with Crippen LogP contribution in [0.25, 0.3) is 0 Å². The van der Waals surface area contributed by atoms with Gasteiger partial charge in [0.25, 0.3) is 0 Å². The smallest absolute Gasteiger partial charge is 0.0203 e. The van der Waals surface area contributed by atoms with E-state index in [-0.39, 0.29) is 5.54 Å². The lowest BCUT2D eigenvalue weighted by molar-refractivity contribution is 0.386. The number of hydrogen-bond acceptors (Lipinski definition) is 2. The minimum absolute atomic E-state index is 0.0555. The van der Waals surface area contributed by atoms with Gasteiger partial charge in [-0.15, -0.1) is 0 Å². The quantitative estimate of drug-likeness (QED) is 0.635. The van der Waals surface area contributed by atoms with E-state index in [2.05, 4.69) is 25.7 Å². The van der Waals surface area contributed by atoms with Gasteiger partial charge in [0.15, 0.2) is 0 Å². The van der Waals surface area contributed by atoms with E-state index >= 15 is 0 Å². The summed E-state index contributed by atoms with van der Waals surface area (Å²) in [4.78, 5) is 0. The van der Waals surface area contributed by atoms with Gasteiger partial charge in [0, 0.05) is 24.7 Å². The maximum absolute atomic E-state index is 6.07. The topological polar surface area (TPSA) is 38.0 Å². The Balaban J connectivity index is 3.96. The Bertz CT molecular complexity index is 126. The van der Waals surface area contributed by atoms with Gasteiger partial charge in [-0.05, 0) is 12.8 Å². The lowest BCUT2D eigenvalue weighted by atomic mass is 9.89. The molecule has 2 heteroatoms. The summed E-state index contributed by atoms with van der Waals surface area (Å²) < 4.78 is 0. The molecule has 2 nitrogen and oxygen atoms in total. The zero-order chi connectivity index (χ0) is 8.91. The second-order valence-electron chi connectivity index (χ2n) is 3.10. The van der Waals surface area contributed by atoms with Crippen LogP contribution in [0.5, 0.6) is 0 Å². The number of nitrogens with one attached hydrogen (secondary N) is 1. The van der Waals surface area contributed by atoms with Gasteiger partial charge < -0.3 is 11.1 Å². The molecule has 0 bridgehead atoms. The van der Waals surface area contributed by atoms with Gasteiger partial charge in [0.1, 0.15) is 0 Å². The number of nitrogens with two attached hydrogens (primary N) is 1. The molecule has 0 aliphatic heterocycles. The predicted molar refractivity (Wildman–Crippen MR) is 50.3 cm³/mol. The maximum Gasteiger partial charge on any atom is 0.0203 e. The molecule has 0 atom stereocenters. The molecule has 0 rings (SSSR count). The van der Waals surface area contributed by atoms with Crippen LogP contribution in [0.4, 0.5) is 0 Å². The highest BCUT2D eigenvalue weighted by Gasteiger charge is 2.20. The molecule has 0 aromatic heterocycles. The van der Waals surface area contributed by atoms with Crippen molar-refractivity contribution in [3.8, 4) is 0 Å². The summed E-state index contributed by atoms with van der Waals surface area (Å²) in [7, 11) is 1.88. The molecule has 0 radical (unpaired) electrons. The van der Waals surface area contributed by atoms with Crippen molar-refractivity contribution in [2.75, 3.05) is 7.05 Å². The van der Waals surface area contributed by atoms with E-state index in [0.29, 0.717) is 0 Å². The average molecular weight is 156 g/mol. The zero-order valence-corrected chi connectivity index (χ0v) is 7.91. The molecule has 0 aromatic carbocycles. The first-order valence-corrected chi connectivity index (χ1v) is 4.22. The number of hydrogen-bond donors (Lipinski definition) is 2. The summed E-state index contributed by atoms with van der Waals surface area (Å²) in [5, 5.41) is 3.01. The molecular formula is C9H20N2. The van der Waals surface area contributed by atoms with Crippen LogP contribution in [0, 0.1) is 0 Å². The average Bonchev–Trinajstić information content (AvgIpc) is 2.04. The summed E-state index contributed by atoms with van der Waals surface area (Å²) in [6.07, 6.45) is 2.88. The zero-order valence-electron chi connectivity index (χ0n) is 7.91. The Hall–Kier alpha value is -0.500. The fourth-order valence-corrected chi connectivity index (χ4v) is 1.01. The Morgan fingerprint density at radius 2 is 1.91 bits per heavy atom. The first kappa shape index (κ1) is 10.5. The second kappa shape index (κ2) is 4.39. The molecule has 0 unspecified atom stereocenters. The highest BCUT2D eigenvalue weighted by atomic mass is 14.9. The van der Waals surface area contributed by atoms with Crippen LogP contribution >= 0.6 is 0 Å². The van der Waals surface area contributed by atoms with Crippen molar-refractivity contribution in [3.63, 3.8) is 0 Å². The first-order valence-electron chi connectivity index (χ1n) is 4.22. The van der Waals surface area contributed by atoms with Gasteiger partial charge in [-0.25, -0.2) is 0 Å². The molecule has 66 valence electrons. The van der Waals surface area contributed by atoms with Crippen LogP contribution in [0.1, 0.15) is 33.1 Å². The van der Waals surface area contributed by atoms with E-state index in [0.717, 1.165) is 25.0 Å². The van der Waals surface area contributed by atoms with E-state index in [1.807, 2.05) is 7.05 Å². The third-order valence-electron chi connectivity index (χ3n) is 2.33. The van der Waals surface area contributed by atoms with Crippen LogP contribution in [0.15, 0.2) is 12.3 Å². The third kappa shape index (κ3) is 3.42. The Kier molecular flexibility index (Phi) is 4.19. The minimum Gasteiger partial charge on any atom is -0.392 e. The van der Waals surface area contributed by atoms with Crippen molar-refractivity contribution in [2.45, 2.75) is 38.6 Å². The highest BCUT2D eigenvalue weighted by molar-refractivity contribution is 4.99. The first-order chi connectivity index (χ1) is 5.08. The fraction of sp³-hybridized carbons (Fsp3) is 0.778. The van der Waals surface area contributed by atoms with Crippen LogP contribution in [-0.2, 0) is 0 Å². The lowest BCUT2D eigenvalue weighted by Crippen LogP contribution is -2.39. The van der Waals surface area contributed by atoms with E-state index in [9.17, 15) is 0 Å². The molecule has 0 spiro atoms. The third-order valence-corrected chi connectivity index (χ3v) is 2.33. The van der Waals surface area contributed by atoms with Gasteiger partial charge in [-0.2, -0.15) is 0 Å². The summed E-state index contributed by atoms with van der Waals surface area (Å²) in [5.74, 6) is 0. The molecule has 0 saturated carbocycles. The van der Waals surface area contributed by atoms with Gasteiger partial charge >= 0.3 is 0 Å². The monoisotopic (exact) mass is 156 g/mol. The molecule has 11 heavy (non-hydrogen) atoms. The summed E-state index contributed by atoms with van der Waals surface area (Å²) in [5.41, 5.74) is 7.04. The maximum atomic E-state index is 6.07. The van der Waals surface area contributed by atoms with Gasteiger partial charge in [-0.3, -0.25) is 0 Å². The van der Waals surface area contributed by atoms with E-state index in [4.69, 9.17) is 5.73 Å².